The highest BCUT2D eigenvalue weighted by molar-refractivity contribution is 5.79. The number of aliphatic imine (C=N–C) groups is 1. The van der Waals surface area contributed by atoms with E-state index in [2.05, 4.69) is 40.4 Å². The summed E-state index contributed by atoms with van der Waals surface area (Å²) >= 11 is 0. The molecule has 1 aliphatic heterocycles. The lowest BCUT2D eigenvalue weighted by Crippen LogP contribution is -2.41. The molecule has 0 spiro atoms. The predicted molar refractivity (Wildman–Crippen MR) is 103 cm³/mol. The molecule has 1 atom stereocenters. The van der Waals surface area contributed by atoms with Gasteiger partial charge in [-0.15, -0.1) is 0 Å². The predicted octanol–water partition coefficient (Wildman–Crippen LogP) is 2.88. The van der Waals surface area contributed by atoms with Gasteiger partial charge in [-0.2, -0.15) is 5.26 Å². The molecule has 0 saturated carbocycles. The van der Waals surface area contributed by atoms with Crippen LogP contribution < -0.4 is 10.6 Å². The molecule has 25 heavy (non-hydrogen) atoms. The molecule has 0 aromatic heterocycles. The monoisotopic (exact) mass is 341 g/mol. The van der Waals surface area contributed by atoms with Crippen LogP contribution in [0.4, 0.5) is 0 Å². The van der Waals surface area contributed by atoms with Gasteiger partial charge in [-0.25, -0.2) is 4.99 Å². The second kappa shape index (κ2) is 10.7. The lowest BCUT2D eigenvalue weighted by molar-refractivity contribution is 0.159. The van der Waals surface area contributed by atoms with Crippen LogP contribution in [0.2, 0.25) is 0 Å². The van der Waals surface area contributed by atoms with Gasteiger partial charge in [-0.1, -0.05) is 18.6 Å². The molecule has 5 heteroatoms. The first-order valence-electron chi connectivity index (χ1n) is 9.48. The van der Waals surface area contributed by atoms with E-state index in [1.165, 1.54) is 25.8 Å². The van der Waals surface area contributed by atoms with Gasteiger partial charge >= 0.3 is 0 Å². The third-order valence-electron chi connectivity index (χ3n) is 4.70. The zero-order valence-electron chi connectivity index (χ0n) is 15.6. The normalized spacial score (nSPS) is 18.6. The molecule has 1 aromatic carbocycles. The molecule has 1 saturated heterocycles. The largest absolute Gasteiger partial charge is 0.357 e. The van der Waals surface area contributed by atoms with E-state index in [1.54, 1.807) is 0 Å². The molecule has 1 fully saturated rings. The lowest BCUT2D eigenvalue weighted by Gasteiger charge is -2.33. The van der Waals surface area contributed by atoms with Crippen molar-refractivity contribution < 1.29 is 0 Å². The molecule has 0 bridgehead atoms. The topological polar surface area (TPSA) is 63.5 Å². The van der Waals surface area contributed by atoms with Crippen molar-refractivity contribution in [1.29, 1.82) is 5.26 Å². The number of nitrogens with one attached hydrogen (secondary N) is 2. The molecular formula is C20H31N5. The molecule has 0 radical (unpaired) electrons. The summed E-state index contributed by atoms with van der Waals surface area (Å²) in [5, 5.41) is 15.6. The molecule has 0 amide bonds. The molecular weight excluding hydrogens is 310 g/mol. The minimum atomic E-state index is 0.615. The van der Waals surface area contributed by atoms with E-state index in [1.807, 2.05) is 24.3 Å². The average Bonchev–Trinajstić information content (AvgIpc) is 2.65. The van der Waals surface area contributed by atoms with Crippen molar-refractivity contribution >= 4 is 5.96 Å². The van der Waals surface area contributed by atoms with Crippen molar-refractivity contribution in [1.82, 2.24) is 15.5 Å². The summed E-state index contributed by atoms with van der Waals surface area (Å²) in [7, 11) is 0. The first-order chi connectivity index (χ1) is 12.2. The van der Waals surface area contributed by atoms with E-state index in [0.29, 0.717) is 12.1 Å². The fourth-order valence-corrected chi connectivity index (χ4v) is 3.18. The Morgan fingerprint density at radius 1 is 1.28 bits per heavy atom. The highest BCUT2D eigenvalue weighted by atomic mass is 15.2. The van der Waals surface area contributed by atoms with Crippen molar-refractivity contribution in [2.45, 2.75) is 52.1 Å². The fourth-order valence-electron chi connectivity index (χ4n) is 3.18. The Balaban J connectivity index is 1.76. The van der Waals surface area contributed by atoms with Gasteiger partial charge in [0.15, 0.2) is 5.96 Å². The van der Waals surface area contributed by atoms with Crippen molar-refractivity contribution in [2.75, 3.05) is 26.2 Å². The fraction of sp³-hybridized carbons (Fsp3) is 0.600. The summed E-state index contributed by atoms with van der Waals surface area (Å²) < 4.78 is 0. The highest BCUT2D eigenvalue weighted by Gasteiger charge is 2.17. The van der Waals surface area contributed by atoms with Crippen LogP contribution in [0.25, 0.3) is 0 Å². The second-order valence-electron chi connectivity index (χ2n) is 6.66. The molecule has 2 N–H and O–H groups in total. The van der Waals surface area contributed by atoms with Crippen LogP contribution in [-0.2, 0) is 6.54 Å². The number of likely N-dealkylation sites (tertiary alicyclic amines) is 1. The van der Waals surface area contributed by atoms with Crippen LogP contribution >= 0.6 is 0 Å². The molecule has 1 unspecified atom stereocenters. The summed E-state index contributed by atoms with van der Waals surface area (Å²) in [6.07, 6.45) is 5.18. The minimum absolute atomic E-state index is 0.615. The molecule has 2 rings (SSSR count). The highest BCUT2D eigenvalue weighted by Crippen LogP contribution is 2.16. The van der Waals surface area contributed by atoms with Gasteiger partial charge in [0.1, 0.15) is 0 Å². The van der Waals surface area contributed by atoms with Gasteiger partial charge in [-0.3, -0.25) is 0 Å². The minimum Gasteiger partial charge on any atom is -0.357 e. The van der Waals surface area contributed by atoms with Gasteiger partial charge in [-0.05, 0) is 57.4 Å². The number of nitrogens with zero attached hydrogens (tertiary/aromatic N) is 3. The maximum absolute atomic E-state index is 8.85. The molecule has 1 aromatic rings. The van der Waals surface area contributed by atoms with Crippen LogP contribution in [-0.4, -0.2) is 43.1 Å². The van der Waals surface area contributed by atoms with Crippen molar-refractivity contribution in [2.24, 2.45) is 4.99 Å². The number of guanidine groups is 1. The van der Waals surface area contributed by atoms with Crippen LogP contribution in [0.3, 0.4) is 0 Å². The smallest absolute Gasteiger partial charge is 0.191 e. The van der Waals surface area contributed by atoms with E-state index in [-0.39, 0.29) is 0 Å². The number of piperidine rings is 1. The molecule has 0 aliphatic carbocycles. The number of rotatable bonds is 7. The average molecular weight is 342 g/mol. The Hall–Kier alpha value is -2.06. The first kappa shape index (κ1) is 19.3. The second-order valence-corrected chi connectivity index (χ2v) is 6.66. The van der Waals surface area contributed by atoms with Gasteiger partial charge in [0.25, 0.3) is 0 Å². The van der Waals surface area contributed by atoms with Crippen molar-refractivity contribution in [3.05, 3.63) is 35.4 Å². The van der Waals surface area contributed by atoms with Crippen LogP contribution in [0.1, 0.15) is 50.7 Å². The van der Waals surface area contributed by atoms with E-state index in [9.17, 15) is 0 Å². The molecule has 1 heterocycles. The maximum atomic E-state index is 8.85. The number of hydrogen-bond donors (Lipinski definition) is 2. The van der Waals surface area contributed by atoms with E-state index < -0.39 is 0 Å². The maximum Gasteiger partial charge on any atom is 0.191 e. The van der Waals surface area contributed by atoms with Gasteiger partial charge in [0, 0.05) is 25.7 Å². The van der Waals surface area contributed by atoms with Crippen LogP contribution in [0.15, 0.2) is 29.3 Å². The standard InChI is InChI=1S/C20H31N5/c1-3-22-20(24-16-19-10-8-18(15-21)9-11-19)23-12-6-14-25-13-5-4-7-17(25)2/h8-11,17H,3-7,12-14,16H2,1-2H3,(H2,22,23,24). The Morgan fingerprint density at radius 2 is 2.08 bits per heavy atom. The summed E-state index contributed by atoms with van der Waals surface area (Å²) in [4.78, 5) is 7.24. The number of benzene rings is 1. The summed E-state index contributed by atoms with van der Waals surface area (Å²) in [6, 6.07) is 10.5. The van der Waals surface area contributed by atoms with Crippen molar-refractivity contribution in [3.63, 3.8) is 0 Å². The quantitative estimate of drug-likeness (QED) is 0.455. The molecule has 136 valence electrons. The Morgan fingerprint density at radius 3 is 2.76 bits per heavy atom. The van der Waals surface area contributed by atoms with Crippen LogP contribution in [0.5, 0.6) is 0 Å². The SMILES string of the molecule is CCNC(=NCc1ccc(C#N)cc1)NCCCN1CCCCC1C. The van der Waals surface area contributed by atoms with E-state index >= 15 is 0 Å². The zero-order valence-corrected chi connectivity index (χ0v) is 15.6. The third kappa shape index (κ3) is 6.75. The Bertz CT molecular complexity index is 573. The van der Waals surface area contributed by atoms with Crippen LogP contribution in [0, 0.1) is 11.3 Å². The van der Waals surface area contributed by atoms with Gasteiger partial charge in [0.2, 0.25) is 0 Å². The first-order valence-corrected chi connectivity index (χ1v) is 9.48. The third-order valence-corrected chi connectivity index (χ3v) is 4.70. The zero-order chi connectivity index (χ0) is 17.9. The molecule has 1 aliphatic rings. The number of nitriles is 1. The summed E-state index contributed by atoms with van der Waals surface area (Å²) in [6.45, 7) is 9.22. The summed E-state index contributed by atoms with van der Waals surface area (Å²) in [5.41, 5.74) is 1.79. The van der Waals surface area contributed by atoms with E-state index in [4.69, 9.17) is 5.26 Å². The van der Waals surface area contributed by atoms with Gasteiger partial charge < -0.3 is 15.5 Å². The van der Waals surface area contributed by atoms with Crippen molar-refractivity contribution in [3.8, 4) is 6.07 Å². The molecule has 5 nitrogen and oxygen atoms in total. The lowest BCUT2D eigenvalue weighted by atomic mass is 10.0. The van der Waals surface area contributed by atoms with E-state index in [0.717, 1.165) is 43.6 Å². The summed E-state index contributed by atoms with van der Waals surface area (Å²) in [5.74, 6) is 0.860. The Labute approximate surface area is 152 Å². The van der Waals surface area contributed by atoms with Gasteiger partial charge in [0.05, 0.1) is 18.2 Å². The Kier molecular flexibility index (Phi) is 8.27. The number of hydrogen-bond acceptors (Lipinski definition) is 3.